The number of carbonyl (C=O) groups excluding carboxylic acids is 1. The maximum absolute atomic E-state index is 12.3. The second kappa shape index (κ2) is 5.48. The van der Waals surface area contributed by atoms with Gasteiger partial charge in [0.05, 0.1) is 21.1 Å². The molecule has 0 aliphatic rings. The van der Waals surface area contributed by atoms with Crippen LogP contribution in [0.15, 0.2) is 36.4 Å². The van der Waals surface area contributed by atoms with Crippen LogP contribution in [-0.4, -0.2) is 15.6 Å². The van der Waals surface area contributed by atoms with Crippen LogP contribution >= 0.6 is 0 Å². The van der Waals surface area contributed by atoms with Crippen LogP contribution in [0, 0.1) is 20.2 Å². The Bertz CT molecular complexity index is 789. The molecule has 0 fully saturated rings. The molecule has 0 atom stereocenters. The molecule has 112 valence electrons. The number of nitro groups is 2. The maximum atomic E-state index is 12.3. The number of nitro benzene ring substituents is 2. The van der Waals surface area contributed by atoms with Crippen LogP contribution in [0.1, 0.15) is 15.9 Å². The van der Waals surface area contributed by atoms with Gasteiger partial charge in [0.15, 0.2) is 5.78 Å². The van der Waals surface area contributed by atoms with Crippen LogP contribution in [0.4, 0.5) is 22.7 Å². The number of nitrogens with two attached hydrogens (primary N) is 2. The van der Waals surface area contributed by atoms with Gasteiger partial charge < -0.3 is 11.5 Å². The van der Waals surface area contributed by atoms with Gasteiger partial charge in [0.2, 0.25) is 0 Å². The average Bonchev–Trinajstić information content (AvgIpc) is 2.49. The average molecular weight is 302 g/mol. The molecule has 2 rings (SSSR count). The Labute approximate surface area is 123 Å². The van der Waals surface area contributed by atoms with Crippen molar-refractivity contribution in [1.82, 2.24) is 0 Å². The van der Waals surface area contributed by atoms with Crippen LogP contribution in [0.3, 0.4) is 0 Å². The molecule has 0 aliphatic heterocycles. The maximum Gasteiger partial charge on any atom is 0.370 e. The highest BCUT2D eigenvalue weighted by Gasteiger charge is 2.33. The first-order valence-electron chi connectivity index (χ1n) is 5.95. The molecule has 22 heavy (non-hydrogen) atoms. The van der Waals surface area contributed by atoms with E-state index in [-0.39, 0.29) is 16.8 Å². The van der Waals surface area contributed by atoms with Gasteiger partial charge in [-0.15, -0.1) is 0 Å². The summed E-state index contributed by atoms with van der Waals surface area (Å²) < 4.78 is 0. The molecule has 0 bridgehead atoms. The van der Waals surface area contributed by atoms with Gasteiger partial charge in [-0.1, -0.05) is 30.3 Å². The third-order valence-electron chi connectivity index (χ3n) is 3.02. The predicted octanol–water partition coefficient (Wildman–Crippen LogP) is 1.90. The Morgan fingerprint density at radius 1 is 0.955 bits per heavy atom. The van der Waals surface area contributed by atoms with Crippen molar-refractivity contribution in [3.05, 3.63) is 67.8 Å². The smallest absolute Gasteiger partial charge is 0.370 e. The van der Waals surface area contributed by atoms with Crippen molar-refractivity contribution < 1.29 is 14.6 Å². The van der Waals surface area contributed by atoms with E-state index in [1.54, 1.807) is 18.2 Å². The summed E-state index contributed by atoms with van der Waals surface area (Å²) >= 11 is 0. The quantitative estimate of drug-likeness (QED) is 0.378. The zero-order chi connectivity index (χ0) is 16.4. The minimum Gasteiger partial charge on any atom is -0.396 e. The summed E-state index contributed by atoms with van der Waals surface area (Å²) in [6, 6.07) is 8.65. The second-order valence-corrected chi connectivity index (χ2v) is 4.33. The number of rotatable bonds is 4. The van der Waals surface area contributed by atoms with Crippen molar-refractivity contribution >= 4 is 28.5 Å². The monoisotopic (exact) mass is 302 g/mol. The van der Waals surface area contributed by atoms with E-state index in [9.17, 15) is 25.0 Å². The number of carbonyl (C=O) groups is 1. The summed E-state index contributed by atoms with van der Waals surface area (Å²) in [5, 5.41) is 21.9. The molecule has 2 aromatic rings. The molecule has 9 nitrogen and oxygen atoms in total. The van der Waals surface area contributed by atoms with E-state index in [0.29, 0.717) is 0 Å². The Balaban J connectivity index is 2.71. The summed E-state index contributed by atoms with van der Waals surface area (Å²) in [6.45, 7) is 0. The van der Waals surface area contributed by atoms with E-state index in [1.165, 1.54) is 12.1 Å². The molecule has 0 spiro atoms. The highest BCUT2D eigenvalue weighted by Crippen LogP contribution is 2.39. The normalized spacial score (nSPS) is 10.2. The van der Waals surface area contributed by atoms with E-state index < -0.39 is 32.7 Å². The fraction of sp³-hybridized carbons (Fsp3) is 0. The van der Waals surface area contributed by atoms with Gasteiger partial charge in [-0.2, -0.15) is 0 Å². The Morgan fingerprint density at radius 3 is 2.05 bits per heavy atom. The van der Waals surface area contributed by atoms with E-state index in [1.807, 2.05) is 0 Å². The van der Waals surface area contributed by atoms with E-state index in [0.717, 1.165) is 6.07 Å². The minimum absolute atomic E-state index is 0.233. The van der Waals surface area contributed by atoms with Gasteiger partial charge in [0.1, 0.15) is 5.69 Å². The molecule has 0 heterocycles. The van der Waals surface area contributed by atoms with Gasteiger partial charge >= 0.3 is 11.4 Å². The van der Waals surface area contributed by atoms with Crippen molar-refractivity contribution in [3.8, 4) is 0 Å². The van der Waals surface area contributed by atoms with Crippen LogP contribution in [0.25, 0.3) is 0 Å². The number of nitrogens with zero attached hydrogens (tertiary/aromatic N) is 2. The van der Waals surface area contributed by atoms with Crippen LogP contribution < -0.4 is 11.5 Å². The van der Waals surface area contributed by atoms with Gasteiger partial charge in [-0.3, -0.25) is 25.0 Å². The molecule has 0 radical (unpaired) electrons. The number of hydrogen-bond acceptors (Lipinski definition) is 7. The summed E-state index contributed by atoms with van der Waals surface area (Å²) in [7, 11) is 0. The summed E-state index contributed by atoms with van der Waals surface area (Å²) in [4.78, 5) is 32.3. The number of anilines is 2. The SMILES string of the molecule is Nc1c(C(=O)c2ccccc2)cc([N+](=O)[O-])c([N+](=O)[O-])c1N. The van der Waals surface area contributed by atoms with Crippen molar-refractivity contribution in [2.45, 2.75) is 0 Å². The zero-order valence-electron chi connectivity index (χ0n) is 11.1. The minimum atomic E-state index is -0.999. The molecular formula is C13H10N4O5. The van der Waals surface area contributed by atoms with Crippen LogP contribution in [0.2, 0.25) is 0 Å². The second-order valence-electron chi connectivity index (χ2n) is 4.33. The van der Waals surface area contributed by atoms with Gasteiger partial charge in [-0.05, 0) is 0 Å². The lowest BCUT2D eigenvalue weighted by molar-refractivity contribution is -0.421. The fourth-order valence-electron chi connectivity index (χ4n) is 1.96. The molecule has 2 aromatic carbocycles. The highest BCUT2D eigenvalue weighted by molar-refractivity contribution is 6.14. The molecule has 0 unspecified atom stereocenters. The van der Waals surface area contributed by atoms with Crippen molar-refractivity contribution in [1.29, 1.82) is 0 Å². The molecule has 0 saturated carbocycles. The first kappa shape index (κ1) is 14.9. The van der Waals surface area contributed by atoms with E-state index >= 15 is 0 Å². The van der Waals surface area contributed by atoms with Crippen LogP contribution in [-0.2, 0) is 0 Å². The number of hydrogen-bond donors (Lipinski definition) is 2. The van der Waals surface area contributed by atoms with E-state index in [4.69, 9.17) is 11.5 Å². The van der Waals surface area contributed by atoms with E-state index in [2.05, 4.69) is 0 Å². The predicted molar refractivity (Wildman–Crippen MR) is 78.5 cm³/mol. The Kier molecular flexibility index (Phi) is 3.71. The lowest BCUT2D eigenvalue weighted by Crippen LogP contribution is -2.11. The molecule has 0 amide bonds. The molecular weight excluding hydrogens is 292 g/mol. The third kappa shape index (κ3) is 2.42. The summed E-state index contributed by atoms with van der Waals surface area (Å²) in [5.74, 6) is -0.609. The first-order valence-corrected chi connectivity index (χ1v) is 5.95. The largest absolute Gasteiger partial charge is 0.396 e. The molecule has 0 aromatic heterocycles. The molecule has 0 aliphatic carbocycles. The Hall–Kier alpha value is -3.49. The molecule has 4 N–H and O–H groups in total. The molecule has 9 heteroatoms. The summed E-state index contributed by atoms with van der Waals surface area (Å²) in [5.41, 5.74) is 8.40. The highest BCUT2D eigenvalue weighted by atomic mass is 16.6. The molecule has 0 saturated heterocycles. The van der Waals surface area contributed by atoms with Crippen molar-refractivity contribution in [3.63, 3.8) is 0 Å². The number of nitrogen functional groups attached to an aromatic ring is 2. The standard InChI is InChI=1S/C13H10N4O5/c14-10-8(13(18)7-4-2-1-3-5-7)6-9(16(19)20)12(11(10)15)17(21)22/h1-6H,14-15H2. The van der Waals surface area contributed by atoms with Crippen LogP contribution in [0.5, 0.6) is 0 Å². The summed E-state index contributed by atoms with van der Waals surface area (Å²) in [6.07, 6.45) is 0. The lowest BCUT2D eigenvalue weighted by Gasteiger charge is -2.08. The van der Waals surface area contributed by atoms with Gasteiger partial charge in [-0.25, -0.2) is 0 Å². The lowest BCUT2D eigenvalue weighted by atomic mass is 9.99. The van der Waals surface area contributed by atoms with Gasteiger partial charge in [0.25, 0.3) is 0 Å². The number of benzene rings is 2. The number of ketones is 1. The third-order valence-corrected chi connectivity index (χ3v) is 3.02. The fourth-order valence-corrected chi connectivity index (χ4v) is 1.96. The Morgan fingerprint density at radius 2 is 1.55 bits per heavy atom. The van der Waals surface area contributed by atoms with Crippen molar-refractivity contribution in [2.75, 3.05) is 11.5 Å². The topological polar surface area (TPSA) is 155 Å². The zero-order valence-corrected chi connectivity index (χ0v) is 11.1. The first-order chi connectivity index (χ1) is 10.3. The van der Waals surface area contributed by atoms with Gasteiger partial charge in [0, 0.05) is 11.6 Å². The van der Waals surface area contributed by atoms with Crippen molar-refractivity contribution in [2.24, 2.45) is 0 Å².